The number of hydrogen-bond donors (Lipinski definition) is 2. The lowest BCUT2D eigenvalue weighted by molar-refractivity contribution is 0.167. The van der Waals surface area contributed by atoms with Crippen molar-refractivity contribution in [1.82, 2.24) is 4.72 Å². The van der Waals surface area contributed by atoms with Crippen LogP contribution in [-0.4, -0.2) is 26.2 Å². The highest BCUT2D eigenvalue weighted by molar-refractivity contribution is 9.10. The summed E-state index contributed by atoms with van der Waals surface area (Å²) in [6.07, 6.45) is 0.767. The number of hydrogen-bond acceptors (Lipinski definition) is 3. The molecule has 102 valence electrons. The molecule has 18 heavy (non-hydrogen) atoms. The molecular weight excluding hydrogens is 318 g/mol. The van der Waals surface area contributed by atoms with Gasteiger partial charge < -0.3 is 5.11 Å². The van der Waals surface area contributed by atoms with Gasteiger partial charge in [-0.25, -0.2) is 13.1 Å². The van der Waals surface area contributed by atoms with Crippen LogP contribution in [0.2, 0.25) is 0 Å². The normalized spacial score (nSPS) is 13.6. The fourth-order valence-corrected chi connectivity index (χ4v) is 2.91. The Hall–Kier alpha value is -0.430. The molecule has 2 N–H and O–H groups in total. The Kier molecular flexibility index (Phi) is 5.78. The SMILES string of the molecule is CCCC(O)CNS(=O)(=O)c1ccc(Br)c(C)c1. The number of nitrogens with one attached hydrogen (secondary N) is 1. The summed E-state index contributed by atoms with van der Waals surface area (Å²) in [6, 6.07) is 4.83. The van der Waals surface area contributed by atoms with Crippen LogP contribution in [-0.2, 0) is 10.0 Å². The molecule has 0 heterocycles. The first kappa shape index (κ1) is 15.6. The predicted molar refractivity (Wildman–Crippen MR) is 75.0 cm³/mol. The summed E-state index contributed by atoms with van der Waals surface area (Å²) in [4.78, 5) is 0.215. The van der Waals surface area contributed by atoms with Crippen LogP contribution in [0.3, 0.4) is 0 Å². The molecule has 1 aromatic rings. The third-order valence-electron chi connectivity index (χ3n) is 2.57. The van der Waals surface area contributed by atoms with Gasteiger partial charge in [0.15, 0.2) is 0 Å². The molecule has 6 heteroatoms. The van der Waals surface area contributed by atoms with Gasteiger partial charge in [-0.2, -0.15) is 0 Å². The maximum absolute atomic E-state index is 12.0. The standard InChI is InChI=1S/C12H18BrNO3S/c1-3-4-10(15)8-14-18(16,17)11-5-6-12(13)9(2)7-11/h5-7,10,14-15H,3-4,8H2,1-2H3. The van der Waals surface area contributed by atoms with Crippen molar-refractivity contribution in [1.29, 1.82) is 0 Å². The Morgan fingerprint density at radius 2 is 2.11 bits per heavy atom. The van der Waals surface area contributed by atoms with Gasteiger partial charge in [0, 0.05) is 11.0 Å². The Bertz CT molecular complexity index is 502. The predicted octanol–water partition coefficient (Wildman–Crippen LogP) is 2.20. The zero-order valence-electron chi connectivity index (χ0n) is 10.5. The lowest BCUT2D eigenvalue weighted by Gasteiger charge is -2.12. The maximum Gasteiger partial charge on any atom is 0.240 e. The molecule has 0 aliphatic carbocycles. The molecule has 0 fully saturated rings. The van der Waals surface area contributed by atoms with Crippen LogP contribution in [0, 0.1) is 6.92 Å². The highest BCUT2D eigenvalue weighted by Gasteiger charge is 2.16. The maximum atomic E-state index is 12.0. The van der Waals surface area contributed by atoms with Crippen LogP contribution in [0.25, 0.3) is 0 Å². The smallest absolute Gasteiger partial charge is 0.240 e. The first-order valence-corrected chi connectivity index (χ1v) is 8.08. The molecular formula is C12H18BrNO3S. The molecule has 4 nitrogen and oxygen atoms in total. The number of benzene rings is 1. The van der Waals surface area contributed by atoms with Crippen LogP contribution in [0.15, 0.2) is 27.6 Å². The molecule has 0 aromatic heterocycles. The minimum Gasteiger partial charge on any atom is -0.392 e. The molecule has 1 atom stereocenters. The van der Waals surface area contributed by atoms with E-state index in [2.05, 4.69) is 20.7 Å². The van der Waals surface area contributed by atoms with Gasteiger partial charge in [-0.1, -0.05) is 29.3 Å². The van der Waals surface area contributed by atoms with E-state index in [-0.39, 0.29) is 11.4 Å². The number of aliphatic hydroxyl groups excluding tert-OH is 1. The van der Waals surface area contributed by atoms with Gasteiger partial charge in [0.25, 0.3) is 0 Å². The van der Waals surface area contributed by atoms with Crippen molar-refractivity contribution in [3.8, 4) is 0 Å². The molecule has 0 aliphatic rings. The summed E-state index contributed by atoms with van der Waals surface area (Å²) in [7, 11) is -3.54. The fraction of sp³-hybridized carbons (Fsp3) is 0.500. The number of sulfonamides is 1. The zero-order chi connectivity index (χ0) is 13.8. The van der Waals surface area contributed by atoms with E-state index >= 15 is 0 Å². The van der Waals surface area contributed by atoms with Gasteiger partial charge >= 0.3 is 0 Å². The van der Waals surface area contributed by atoms with Crippen LogP contribution in [0.1, 0.15) is 25.3 Å². The minimum absolute atomic E-state index is 0.0469. The molecule has 0 saturated carbocycles. The van der Waals surface area contributed by atoms with Gasteiger partial charge in [-0.05, 0) is 37.1 Å². The van der Waals surface area contributed by atoms with Crippen LogP contribution in [0.5, 0.6) is 0 Å². The van der Waals surface area contributed by atoms with Crippen molar-refractivity contribution >= 4 is 26.0 Å². The molecule has 0 saturated heterocycles. The van der Waals surface area contributed by atoms with Gasteiger partial charge in [-0.3, -0.25) is 0 Å². The third kappa shape index (κ3) is 4.35. The Balaban J connectivity index is 2.77. The molecule has 1 rings (SSSR count). The second-order valence-corrected chi connectivity index (χ2v) is 6.83. The summed E-state index contributed by atoms with van der Waals surface area (Å²) >= 11 is 3.32. The van der Waals surface area contributed by atoms with Crippen molar-refractivity contribution in [2.75, 3.05) is 6.54 Å². The van der Waals surface area contributed by atoms with Gasteiger partial charge in [-0.15, -0.1) is 0 Å². The second kappa shape index (κ2) is 6.65. The van der Waals surface area contributed by atoms with Gasteiger partial charge in [0.05, 0.1) is 11.0 Å². The van der Waals surface area contributed by atoms with E-state index < -0.39 is 16.1 Å². The van der Waals surface area contributed by atoms with E-state index in [4.69, 9.17) is 0 Å². The molecule has 1 aromatic carbocycles. The number of rotatable bonds is 6. The Morgan fingerprint density at radius 1 is 1.44 bits per heavy atom. The van der Waals surface area contributed by atoms with Crippen molar-refractivity contribution < 1.29 is 13.5 Å². The van der Waals surface area contributed by atoms with Crippen LogP contribution in [0.4, 0.5) is 0 Å². The zero-order valence-corrected chi connectivity index (χ0v) is 12.9. The Labute approximate surface area is 117 Å². The van der Waals surface area contributed by atoms with E-state index in [9.17, 15) is 13.5 Å². The van der Waals surface area contributed by atoms with Crippen LogP contribution >= 0.6 is 15.9 Å². The van der Waals surface area contributed by atoms with Crippen molar-refractivity contribution in [3.63, 3.8) is 0 Å². The molecule has 0 amide bonds. The summed E-state index contributed by atoms with van der Waals surface area (Å²) in [6.45, 7) is 3.82. The van der Waals surface area contributed by atoms with Crippen molar-refractivity contribution in [3.05, 3.63) is 28.2 Å². The number of halogens is 1. The topological polar surface area (TPSA) is 66.4 Å². The largest absolute Gasteiger partial charge is 0.392 e. The minimum atomic E-state index is -3.54. The first-order chi connectivity index (χ1) is 8.36. The van der Waals surface area contributed by atoms with E-state index in [0.717, 1.165) is 16.5 Å². The highest BCUT2D eigenvalue weighted by atomic mass is 79.9. The van der Waals surface area contributed by atoms with Crippen molar-refractivity contribution in [2.24, 2.45) is 0 Å². The fourth-order valence-electron chi connectivity index (χ4n) is 1.51. The van der Waals surface area contributed by atoms with E-state index in [1.807, 2.05) is 13.8 Å². The molecule has 0 spiro atoms. The van der Waals surface area contributed by atoms with E-state index in [0.29, 0.717) is 6.42 Å². The molecule has 1 unspecified atom stereocenters. The first-order valence-electron chi connectivity index (χ1n) is 5.80. The van der Waals surface area contributed by atoms with Gasteiger partial charge in [0.2, 0.25) is 10.0 Å². The summed E-state index contributed by atoms with van der Waals surface area (Å²) in [5.74, 6) is 0. The lowest BCUT2D eigenvalue weighted by Crippen LogP contribution is -2.32. The molecule has 0 aliphatic heterocycles. The van der Waals surface area contributed by atoms with Gasteiger partial charge in [0.1, 0.15) is 0 Å². The average Bonchev–Trinajstić information content (AvgIpc) is 2.30. The summed E-state index contributed by atoms with van der Waals surface area (Å²) in [5, 5.41) is 9.52. The Morgan fingerprint density at radius 3 is 2.67 bits per heavy atom. The number of aliphatic hydroxyl groups is 1. The average molecular weight is 336 g/mol. The molecule has 0 bridgehead atoms. The van der Waals surface area contributed by atoms with E-state index in [1.165, 1.54) is 6.07 Å². The monoisotopic (exact) mass is 335 g/mol. The summed E-state index contributed by atoms with van der Waals surface area (Å²) in [5.41, 5.74) is 0.854. The number of aryl methyl sites for hydroxylation is 1. The highest BCUT2D eigenvalue weighted by Crippen LogP contribution is 2.19. The lowest BCUT2D eigenvalue weighted by atomic mass is 10.2. The third-order valence-corrected chi connectivity index (χ3v) is 4.88. The summed E-state index contributed by atoms with van der Waals surface area (Å²) < 4.78 is 27.2. The quantitative estimate of drug-likeness (QED) is 0.837. The van der Waals surface area contributed by atoms with E-state index in [1.54, 1.807) is 12.1 Å². The second-order valence-electron chi connectivity index (χ2n) is 4.21. The molecule has 0 radical (unpaired) electrons. The van der Waals surface area contributed by atoms with Crippen LogP contribution < -0.4 is 4.72 Å². The van der Waals surface area contributed by atoms with Crippen molar-refractivity contribution in [2.45, 2.75) is 37.7 Å².